The number of hydrogen-bond acceptors (Lipinski definition) is 4. The second-order valence-corrected chi connectivity index (χ2v) is 12.1. The zero-order valence-electron chi connectivity index (χ0n) is 21.6. The van der Waals surface area contributed by atoms with Crippen molar-refractivity contribution in [2.75, 3.05) is 23.7 Å². The molecule has 0 saturated carbocycles. The molecular formula is C28H30Cl3N3O4S. The van der Waals surface area contributed by atoms with Crippen LogP contribution < -0.4 is 9.62 Å². The number of nitrogens with zero attached hydrogens (tertiary/aromatic N) is 2. The molecule has 0 spiro atoms. The fraction of sp³-hybridized carbons (Fsp3) is 0.286. The average molecular weight is 611 g/mol. The van der Waals surface area contributed by atoms with Crippen LogP contribution in [0.4, 0.5) is 5.69 Å². The van der Waals surface area contributed by atoms with Crippen LogP contribution in [-0.2, 0) is 32.6 Å². The van der Waals surface area contributed by atoms with Crippen LogP contribution in [0, 0.1) is 0 Å². The molecular weight excluding hydrogens is 581 g/mol. The molecule has 1 N–H and O–H groups in total. The Bertz CT molecular complexity index is 1400. The lowest BCUT2D eigenvalue weighted by molar-refractivity contribution is -0.140. The molecule has 208 valence electrons. The second-order valence-electron chi connectivity index (χ2n) is 8.97. The van der Waals surface area contributed by atoms with Gasteiger partial charge < -0.3 is 10.2 Å². The van der Waals surface area contributed by atoms with Crippen LogP contribution in [0.5, 0.6) is 0 Å². The summed E-state index contributed by atoms with van der Waals surface area (Å²) in [4.78, 5) is 28.9. The molecule has 0 unspecified atom stereocenters. The van der Waals surface area contributed by atoms with Crippen molar-refractivity contribution in [2.45, 2.75) is 32.4 Å². The quantitative estimate of drug-likeness (QED) is 0.290. The molecule has 0 aromatic heterocycles. The first-order valence-corrected chi connectivity index (χ1v) is 15.3. The summed E-state index contributed by atoms with van der Waals surface area (Å²) in [6, 6.07) is 19.7. The molecule has 39 heavy (non-hydrogen) atoms. The highest BCUT2D eigenvalue weighted by Gasteiger charge is 2.33. The topological polar surface area (TPSA) is 86.8 Å². The number of rotatable bonds is 12. The van der Waals surface area contributed by atoms with E-state index < -0.39 is 28.5 Å². The lowest BCUT2D eigenvalue weighted by atomic mass is 10.0. The zero-order chi connectivity index (χ0) is 28.6. The van der Waals surface area contributed by atoms with Gasteiger partial charge in [-0.2, -0.15) is 0 Å². The van der Waals surface area contributed by atoms with Gasteiger partial charge in [0.05, 0.1) is 17.0 Å². The lowest BCUT2D eigenvalue weighted by Gasteiger charge is -2.34. The minimum absolute atomic E-state index is 0.0174. The highest BCUT2D eigenvalue weighted by molar-refractivity contribution is 7.92. The SMILES string of the molecule is CCCNC(=O)[C@@H](Cc1ccccc1)N(Cc1ccccc1Cl)C(=O)CN(c1cc(Cl)ccc1Cl)S(C)(=O)=O. The van der Waals surface area contributed by atoms with Crippen LogP contribution in [0.1, 0.15) is 24.5 Å². The van der Waals surface area contributed by atoms with Gasteiger partial charge >= 0.3 is 0 Å². The highest BCUT2D eigenvalue weighted by atomic mass is 35.5. The molecule has 11 heteroatoms. The van der Waals surface area contributed by atoms with Gasteiger partial charge in [0.25, 0.3) is 0 Å². The van der Waals surface area contributed by atoms with E-state index in [4.69, 9.17) is 34.8 Å². The molecule has 1 atom stereocenters. The number of sulfonamides is 1. The zero-order valence-corrected chi connectivity index (χ0v) is 24.7. The first-order valence-electron chi connectivity index (χ1n) is 12.3. The first kappa shape index (κ1) is 30.8. The van der Waals surface area contributed by atoms with Crippen LogP contribution >= 0.6 is 34.8 Å². The molecule has 0 saturated heterocycles. The Kier molecular flexibility index (Phi) is 11.1. The van der Waals surface area contributed by atoms with Crippen LogP contribution in [0.25, 0.3) is 0 Å². The minimum atomic E-state index is -3.97. The minimum Gasteiger partial charge on any atom is -0.354 e. The Balaban J connectivity index is 2.08. The molecule has 2 amide bonds. The van der Waals surface area contributed by atoms with Crippen molar-refractivity contribution in [1.82, 2.24) is 10.2 Å². The molecule has 0 radical (unpaired) electrons. The largest absolute Gasteiger partial charge is 0.354 e. The summed E-state index contributed by atoms with van der Waals surface area (Å²) in [5, 5.41) is 3.66. The van der Waals surface area contributed by atoms with Gasteiger partial charge in [-0.05, 0) is 41.8 Å². The van der Waals surface area contributed by atoms with E-state index >= 15 is 0 Å². The van der Waals surface area contributed by atoms with E-state index in [0.717, 1.165) is 16.1 Å². The normalized spacial score (nSPS) is 12.0. The third-order valence-electron chi connectivity index (χ3n) is 5.97. The summed E-state index contributed by atoms with van der Waals surface area (Å²) in [7, 11) is -3.97. The van der Waals surface area contributed by atoms with Gasteiger partial charge in [0.15, 0.2) is 0 Å². The Morgan fingerprint density at radius 3 is 2.23 bits per heavy atom. The van der Waals surface area contributed by atoms with E-state index in [9.17, 15) is 18.0 Å². The van der Waals surface area contributed by atoms with Crippen molar-refractivity contribution in [3.8, 4) is 0 Å². The fourth-order valence-electron chi connectivity index (χ4n) is 4.00. The van der Waals surface area contributed by atoms with Gasteiger partial charge in [-0.3, -0.25) is 13.9 Å². The maximum absolute atomic E-state index is 14.0. The van der Waals surface area contributed by atoms with E-state index in [1.54, 1.807) is 24.3 Å². The van der Waals surface area contributed by atoms with E-state index in [-0.39, 0.29) is 34.6 Å². The summed E-state index contributed by atoms with van der Waals surface area (Å²) in [6.45, 7) is 1.73. The summed E-state index contributed by atoms with van der Waals surface area (Å²) < 4.78 is 26.6. The maximum atomic E-state index is 14.0. The third-order valence-corrected chi connectivity index (χ3v) is 8.02. The van der Waals surface area contributed by atoms with Crippen LogP contribution in [-0.4, -0.2) is 50.5 Å². The molecule has 0 aliphatic carbocycles. The number of carbonyl (C=O) groups is 2. The number of hydrogen-bond donors (Lipinski definition) is 1. The van der Waals surface area contributed by atoms with E-state index in [2.05, 4.69) is 5.32 Å². The summed E-state index contributed by atoms with van der Waals surface area (Å²) in [6.07, 6.45) is 1.89. The van der Waals surface area contributed by atoms with Crippen molar-refractivity contribution in [2.24, 2.45) is 0 Å². The van der Waals surface area contributed by atoms with Crippen LogP contribution in [0.2, 0.25) is 15.1 Å². The molecule has 0 bridgehead atoms. The molecule has 0 fully saturated rings. The van der Waals surface area contributed by atoms with Crippen molar-refractivity contribution in [3.63, 3.8) is 0 Å². The number of amides is 2. The lowest BCUT2D eigenvalue weighted by Crippen LogP contribution is -2.53. The Hall–Kier alpha value is -2.78. The van der Waals surface area contributed by atoms with Crippen molar-refractivity contribution < 1.29 is 18.0 Å². The van der Waals surface area contributed by atoms with Gasteiger partial charge in [0.1, 0.15) is 12.6 Å². The molecule has 3 aromatic rings. The van der Waals surface area contributed by atoms with E-state index in [1.807, 2.05) is 37.3 Å². The van der Waals surface area contributed by atoms with Crippen molar-refractivity contribution >= 4 is 62.3 Å². The average Bonchev–Trinajstić information content (AvgIpc) is 2.90. The third kappa shape index (κ3) is 8.60. The van der Waals surface area contributed by atoms with Crippen LogP contribution in [0.3, 0.4) is 0 Å². The van der Waals surface area contributed by atoms with Crippen molar-refractivity contribution in [3.05, 3.63) is 99.0 Å². The molecule has 7 nitrogen and oxygen atoms in total. The monoisotopic (exact) mass is 609 g/mol. The van der Waals surface area contributed by atoms with E-state index in [1.165, 1.54) is 23.1 Å². The maximum Gasteiger partial charge on any atom is 0.244 e. The Morgan fingerprint density at radius 1 is 0.923 bits per heavy atom. The van der Waals surface area contributed by atoms with Gasteiger partial charge in [0, 0.05) is 29.6 Å². The van der Waals surface area contributed by atoms with E-state index in [0.29, 0.717) is 23.6 Å². The molecule has 3 aromatic carbocycles. The summed E-state index contributed by atoms with van der Waals surface area (Å²) >= 11 is 18.9. The van der Waals surface area contributed by atoms with Crippen LogP contribution in [0.15, 0.2) is 72.8 Å². The van der Waals surface area contributed by atoms with Gasteiger partial charge in [-0.25, -0.2) is 8.42 Å². The Labute approximate surface area is 244 Å². The predicted molar refractivity (Wildman–Crippen MR) is 158 cm³/mol. The molecule has 3 rings (SSSR count). The molecule has 0 aliphatic heterocycles. The smallest absolute Gasteiger partial charge is 0.244 e. The molecule has 0 aliphatic rings. The number of carbonyl (C=O) groups excluding carboxylic acids is 2. The molecule has 0 heterocycles. The number of benzene rings is 3. The van der Waals surface area contributed by atoms with Gasteiger partial charge in [0.2, 0.25) is 21.8 Å². The van der Waals surface area contributed by atoms with Crippen molar-refractivity contribution in [1.29, 1.82) is 0 Å². The number of halogens is 3. The predicted octanol–water partition coefficient (Wildman–Crippen LogP) is 5.58. The summed E-state index contributed by atoms with van der Waals surface area (Å²) in [5.41, 5.74) is 1.51. The highest BCUT2D eigenvalue weighted by Crippen LogP contribution is 2.31. The number of nitrogens with one attached hydrogen (secondary N) is 1. The standard InChI is InChI=1S/C28H30Cl3N3O4S/c1-3-15-32-28(36)26(16-20-9-5-4-6-10-20)33(18-21-11-7-8-12-23(21)30)27(35)19-34(39(2,37)38)25-17-22(29)13-14-24(25)31/h4-14,17,26H,3,15-16,18-19H2,1-2H3,(H,32,36)/t26-/m1/s1. The Morgan fingerprint density at radius 2 is 1.59 bits per heavy atom. The summed E-state index contributed by atoms with van der Waals surface area (Å²) in [5.74, 6) is -0.961. The fourth-order valence-corrected chi connectivity index (χ4v) is 5.49. The first-order chi connectivity index (χ1) is 18.5. The van der Waals surface area contributed by atoms with Gasteiger partial charge in [-0.15, -0.1) is 0 Å². The van der Waals surface area contributed by atoms with Gasteiger partial charge in [-0.1, -0.05) is 90.3 Å². The second kappa shape index (κ2) is 14.0. The number of anilines is 1.